The van der Waals surface area contributed by atoms with E-state index in [9.17, 15) is 9.59 Å². The van der Waals surface area contributed by atoms with Crippen molar-refractivity contribution in [3.05, 3.63) is 71.9 Å². The molecule has 7 rings (SSSR count). The highest BCUT2D eigenvalue weighted by molar-refractivity contribution is 6.04. The molecule has 0 bridgehead atoms. The molecule has 4 aromatic rings. The number of imidazole rings is 1. The lowest BCUT2D eigenvalue weighted by atomic mass is 9.97. The van der Waals surface area contributed by atoms with E-state index in [1.165, 1.54) is 18.4 Å². The fourth-order valence-corrected chi connectivity index (χ4v) is 6.20. The van der Waals surface area contributed by atoms with Gasteiger partial charge in [0.05, 0.1) is 0 Å². The largest absolute Gasteiger partial charge is 0.382 e. The van der Waals surface area contributed by atoms with Crippen molar-refractivity contribution in [3.8, 4) is 11.3 Å². The Morgan fingerprint density at radius 2 is 1.66 bits per heavy atom. The van der Waals surface area contributed by atoms with Gasteiger partial charge >= 0.3 is 6.03 Å². The zero-order valence-electron chi connectivity index (χ0n) is 23.0. The summed E-state index contributed by atoms with van der Waals surface area (Å²) in [4.78, 5) is 43.8. The average Bonchev–Trinajstić information content (AvgIpc) is 3.56. The summed E-state index contributed by atoms with van der Waals surface area (Å²) in [6.45, 7) is 3.09. The molecule has 5 heterocycles. The van der Waals surface area contributed by atoms with Crippen molar-refractivity contribution >= 4 is 29.1 Å². The lowest BCUT2D eigenvalue weighted by molar-refractivity contribution is 0.102. The normalized spacial score (nSPS) is 19.1. The van der Waals surface area contributed by atoms with Crippen LogP contribution in [0.15, 0.2) is 55.0 Å². The summed E-state index contributed by atoms with van der Waals surface area (Å²) in [5, 5.41) is 2.92. The van der Waals surface area contributed by atoms with Crippen molar-refractivity contribution in [2.75, 3.05) is 37.2 Å². The number of amides is 3. The molecule has 10 heteroatoms. The molecule has 1 aliphatic carbocycles. The molecule has 3 aromatic heterocycles. The third-order valence-corrected chi connectivity index (χ3v) is 8.54. The maximum Gasteiger partial charge on any atom is 0.320 e. The smallest absolute Gasteiger partial charge is 0.320 e. The summed E-state index contributed by atoms with van der Waals surface area (Å²) in [5.74, 6) is 2.31. The number of pyridine rings is 1. The summed E-state index contributed by atoms with van der Waals surface area (Å²) in [7, 11) is 0. The second-order valence-corrected chi connectivity index (χ2v) is 11.4. The number of anilines is 2. The number of rotatable bonds is 5. The van der Waals surface area contributed by atoms with E-state index in [0.717, 1.165) is 67.9 Å². The van der Waals surface area contributed by atoms with E-state index in [1.54, 1.807) is 24.5 Å². The molecule has 0 radical (unpaired) electrons. The maximum atomic E-state index is 13.1. The van der Waals surface area contributed by atoms with Crippen LogP contribution in [0.2, 0.25) is 0 Å². The number of piperidine rings is 1. The number of likely N-dealkylation sites (tertiary alicyclic amines) is 2. The first-order valence-corrected chi connectivity index (χ1v) is 14.6. The second kappa shape index (κ2) is 10.5. The molecule has 1 aromatic carbocycles. The monoisotopic (exact) mass is 550 g/mol. The van der Waals surface area contributed by atoms with Crippen LogP contribution >= 0.6 is 0 Å². The first-order valence-electron chi connectivity index (χ1n) is 14.6. The molecule has 3 N–H and O–H groups in total. The van der Waals surface area contributed by atoms with E-state index in [-0.39, 0.29) is 17.9 Å². The van der Waals surface area contributed by atoms with E-state index < -0.39 is 0 Å². The first kappa shape index (κ1) is 25.5. The van der Waals surface area contributed by atoms with Crippen LogP contribution in [-0.4, -0.2) is 67.3 Å². The Labute approximate surface area is 238 Å². The molecule has 3 aliphatic rings. The van der Waals surface area contributed by atoms with Crippen LogP contribution in [0.4, 0.5) is 16.4 Å². The van der Waals surface area contributed by atoms with Gasteiger partial charge in [-0.05, 0) is 74.3 Å². The Hall–Kier alpha value is -4.47. The number of carbonyl (C=O) groups is 2. The lowest BCUT2D eigenvalue weighted by Crippen LogP contribution is -2.46. The molecule has 2 aliphatic heterocycles. The quantitative estimate of drug-likeness (QED) is 0.365. The Balaban J connectivity index is 1.14. The predicted octanol–water partition coefficient (Wildman–Crippen LogP) is 4.90. The third kappa shape index (κ3) is 4.98. The van der Waals surface area contributed by atoms with Crippen LogP contribution in [0.1, 0.15) is 72.1 Å². The minimum atomic E-state index is -0.210. The highest BCUT2D eigenvalue weighted by Crippen LogP contribution is 2.40. The standard InChI is InChI=1S/C31H34N8O2/c32-28-27-26(21-7-9-22(10-8-21)30(40)35-25-18-23(11-12-33-25)20-5-6-20)36-29(39(27)17-13-34-28)24-4-3-16-38(19-24)31(41)37-14-1-2-15-37/h7-13,17-18,20,24H,1-6,14-16,19H2,(H2,32,34)(H,33,35,40). The number of carbonyl (C=O) groups excluding carboxylic acids is 2. The summed E-state index contributed by atoms with van der Waals surface area (Å²) in [6, 6.07) is 11.5. The van der Waals surface area contributed by atoms with Crippen LogP contribution in [0.3, 0.4) is 0 Å². The van der Waals surface area contributed by atoms with Gasteiger partial charge in [-0.1, -0.05) is 12.1 Å². The third-order valence-electron chi connectivity index (χ3n) is 8.54. The molecule has 2 saturated heterocycles. The number of nitrogens with one attached hydrogen (secondary N) is 1. The van der Waals surface area contributed by atoms with E-state index in [2.05, 4.69) is 15.3 Å². The summed E-state index contributed by atoms with van der Waals surface area (Å²) >= 11 is 0. The molecule has 1 atom stereocenters. The number of benzene rings is 1. The molecular weight excluding hydrogens is 516 g/mol. The van der Waals surface area contributed by atoms with E-state index in [4.69, 9.17) is 10.7 Å². The maximum absolute atomic E-state index is 13.1. The molecule has 3 fully saturated rings. The van der Waals surface area contributed by atoms with Crippen LogP contribution < -0.4 is 11.1 Å². The highest BCUT2D eigenvalue weighted by atomic mass is 16.2. The van der Waals surface area contributed by atoms with Gasteiger partial charge < -0.3 is 20.9 Å². The average molecular weight is 551 g/mol. The number of fused-ring (bicyclic) bond motifs is 1. The highest BCUT2D eigenvalue weighted by Gasteiger charge is 2.32. The molecule has 0 spiro atoms. The number of nitrogens with zero attached hydrogens (tertiary/aromatic N) is 6. The van der Waals surface area contributed by atoms with Crippen molar-refractivity contribution in [1.29, 1.82) is 0 Å². The van der Waals surface area contributed by atoms with Gasteiger partial charge in [-0.25, -0.2) is 19.7 Å². The number of aromatic nitrogens is 4. The van der Waals surface area contributed by atoms with E-state index in [1.807, 2.05) is 44.7 Å². The molecule has 1 unspecified atom stereocenters. The Bertz CT molecular complexity index is 1600. The Kier molecular flexibility index (Phi) is 6.53. The number of hydrogen-bond donors (Lipinski definition) is 2. The Morgan fingerprint density at radius 3 is 2.44 bits per heavy atom. The van der Waals surface area contributed by atoms with E-state index in [0.29, 0.717) is 29.7 Å². The zero-order chi connectivity index (χ0) is 27.9. The van der Waals surface area contributed by atoms with Gasteiger partial charge in [0.15, 0.2) is 0 Å². The van der Waals surface area contributed by atoms with Crippen LogP contribution in [0, 0.1) is 0 Å². The first-order chi connectivity index (χ1) is 20.0. The number of urea groups is 1. The molecule has 210 valence electrons. The van der Waals surface area contributed by atoms with Crippen LogP contribution in [0.25, 0.3) is 16.8 Å². The zero-order valence-corrected chi connectivity index (χ0v) is 23.0. The summed E-state index contributed by atoms with van der Waals surface area (Å²) in [5.41, 5.74) is 10.4. The predicted molar refractivity (Wildman–Crippen MR) is 157 cm³/mol. The van der Waals surface area contributed by atoms with Gasteiger partial charge in [0, 0.05) is 61.8 Å². The van der Waals surface area contributed by atoms with Gasteiger partial charge in [0.2, 0.25) is 0 Å². The molecule has 3 amide bonds. The topological polar surface area (TPSA) is 122 Å². The SMILES string of the molecule is Nc1nccn2c(C3CCCN(C(=O)N4CCCC4)C3)nc(-c3ccc(C(=O)Nc4cc(C5CC5)ccn4)cc3)c12. The van der Waals surface area contributed by atoms with Crippen molar-refractivity contribution in [3.63, 3.8) is 0 Å². The van der Waals surface area contributed by atoms with Crippen molar-refractivity contribution in [2.45, 2.75) is 50.4 Å². The van der Waals surface area contributed by atoms with Gasteiger partial charge in [0.25, 0.3) is 5.91 Å². The fourth-order valence-electron chi connectivity index (χ4n) is 6.20. The van der Waals surface area contributed by atoms with E-state index >= 15 is 0 Å². The summed E-state index contributed by atoms with van der Waals surface area (Å²) < 4.78 is 2.02. The fraction of sp³-hybridized carbons (Fsp3) is 0.387. The van der Waals surface area contributed by atoms with Crippen LogP contribution in [-0.2, 0) is 0 Å². The van der Waals surface area contributed by atoms with Crippen molar-refractivity contribution < 1.29 is 9.59 Å². The van der Waals surface area contributed by atoms with Crippen molar-refractivity contribution in [2.24, 2.45) is 0 Å². The molecule has 1 saturated carbocycles. The summed E-state index contributed by atoms with van der Waals surface area (Å²) in [6.07, 6.45) is 11.7. The molecule has 10 nitrogen and oxygen atoms in total. The number of nitrogens with two attached hydrogens (primary N) is 1. The minimum absolute atomic E-state index is 0.0855. The van der Waals surface area contributed by atoms with Gasteiger partial charge in [-0.2, -0.15) is 0 Å². The lowest BCUT2D eigenvalue weighted by Gasteiger charge is -2.34. The van der Waals surface area contributed by atoms with Crippen LogP contribution in [0.5, 0.6) is 0 Å². The number of nitrogen functional groups attached to an aromatic ring is 1. The van der Waals surface area contributed by atoms with Gasteiger partial charge in [0.1, 0.15) is 28.7 Å². The minimum Gasteiger partial charge on any atom is -0.382 e. The second-order valence-electron chi connectivity index (χ2n) is 11.4. The van der Waals surface area contributed by atoms with Gasteiger partial charge in [-0.15, -0.1) is 0 Å². The Morgan fingerprint density at radius 1 is 0.878 bits per heavy atom. The van der Waals surface area contributed by atoms with Crippen molar-refractivity contribution in [1.82, 2.24) is 29.2 Å². The van der Waals surface area contributed by atoms with Gasteiger partial charge in [-0.3, -0.25) is 9.20 Å². The number of hydrogen-bond acceptors (Lipinski definition) is 6. The molecule has 41 heavy (non-hydrogen) atoms. The molecular formula is C31H34N8O2.